The van der Waals surface area contributed by atoms with Crippen LogP contribution < -0.4 is 11.1 Å². The van der Waals surface area contributed by atoms with Crippen LogP contribution in [0, 0.1) is 0 Å². The minimum atomic E-state index is 0.263. The average molecular weight is 275 g/mol. The number of anilines is 2. The predicted molar refractivity (Wildman–Crippen MR) is 75.0 cm³/mol. The summed E-state index contributed by atoms with van der Waals surface area (Å²) >= 11 is 1.53. The fraction of sp³-hybridized carbons (Fsp3) is 0.250. The third-order valence-electron chi connectivity index (χ3n) is 2.70. The van der Waals surface area contributed by atoms with Crippen molar-refractivity contribution in [2.75, 3.05) is 11.1 Å². The molecule has 0 bridgehead atoms. The predicted octanol–water partition coefficient (Wildman–Crippen LogP) is 2.44. The van der Waals surface area contributed by atoms with Crippen LogP contribution in [0.1, 0.15) is 18.6 Å². The number of hydrogen-bond acceptors (Lipinski definition) is 7. The van der Waals surface area contributed by atoms with Gasteiger partial charge in [0.25, 0.3) is 0 Å². The third kappa shape index (κ3) is 2.37. The number of fused-ring (bicyclic) bond motifs is 1. The molecule has 0 saturated carbocycles. The van der Waals surface area contributed by atoms with Crippen molar-refractivity contribution in [3.63, 3.8) is 0 Å². The maximum atomic E-state index is 5.68. The van der Waals surface area contributed by atoms with Crippen LogP contribution in [0.4, 0.5) is 11.8 Å². The lowest BCUT2D eigenvalue weighted by Gasteiger charge is -2.05. The zero-order valence-corrected chi connectivity index (χ0v) is 11.2. The zero-order chi connectivity index (χ0) is 13.2. The van der Waals surface area contributed by atoms with Gasteiger partial charge in [0, 0.05) is 6.42 Å². The Labute approximate surface area is 113 Å². The summed E-state index contributed by atoms with van der Waals surface area (Å²) in [4.78, 5) is 13.4. The lowest BCUT2D eigenvalue weighted by molar-refractivity contribution is 0.465. The quantitative estimate of drug-likeness (QED) is 0.760. The monoisotopic (exact) mass is 275 g/mol. The smallest absolute Gasteiger partial charge is 0.223 e. The van der Waals surface area contributed by atoms with Crippen LogP contribution in [0.15, 0.2) is 22.1 Å². The summed E-state index contributed by atoms with van der Waals surface area (Å²) in [6.45, 7) is 2.50. The second-order valence-corrected chi connectivity index (χ2v) is 4.89. The van der Waals surface area contributed by atoms with Crippen LogP contribution >= 0.6 is 11.3 Å². The van der Waals surface area contributed by atoms with E-state index in [1.54, 1.807) is 6.20 Å². The van der Waals surface area contributed by atoms with Gasteiger partial charge < -0.3 is 15.5 Å². The Bertz CT molecular complexity index is 705. The second-order valence-electron chi connectivity index (χ2n) is 4.00. The molecule has 6 nitrogen and oxygen atoms in total. The van der Waals surface area contributed by atoms with E-state index in [2.05, 4.69) is 20.3 Å². The largest absolute Gasteiger partial charge is 0.444 e. The first kappa shape index (κ1) is 11.9. The van der Waals surface area contributed by atoms with E-state index in [-0.39, 0.29) is 5.95 Å². The summed E-state index contributed by atoms with van der Waals surface area (Å²) in [6, 6.07) is 1.97. The van der Waals surface area contributed by atoms with Gasteiger partial charge in [-0.05, 0) is 11.4 Å². The number of rotatable bonds is 4. The summed E-state index contributed by atoms with van der Waals surface area (Å²) in [6.07, 6.45) is 2.58. The number of nitrogens with one attached hydrogen (secondary N) is 1. The van der Waals surface area contributed by atoms with E-state index >= 15 is 0 Å². The number of nitrogens with zero attached hydrogens (tertiary/aromatic N) is 3. The normalized spacial score (nSPS) is 11.0. The van der Waals surface area contributed by atoms with Crippen LogP contribution in [-0.2, 0) is 13.0 Å². The Hall–Kier alpha value is -2.15. The van der Waals surface area contributed by atoms with Gasteiger partial charge in [-0.25, -0.2) is 9.97 Å². The molecule has 3 aromatic heterocycles. The van der Waals surface area contributed by atoms with Gasteiger partial charge in [0.2, 0.25) is 11.8 Å². The molecule has 0 saturated heterocycles. The molecule has 98 valence electrons. The molecule has 0 spiro atoms. The highest BCUT2D eigenvalue weighted by molar-refractivity contribution is 7.16. The molecule has 7 heteroatoms. The molecule has 0 radical (unpaired) electrons. The van der Waals surface area contributed by atoms with Crippen LogP contribution in [0.25, 0.3) is 10.2 Å². The van der Waals surface area contributed by atoms with Crippen molar-refractivity contribution < 1.29 is 4.42 Å². The Balaban J connectivity index is 1.83. The van der Waals surface area contributed by atoms with E-state index in [1.807, 2.05) is 18.4 Å². The van der Waals surface area contributed by atoms with Gasteiger partial charge >= 0.3 is 0 Å². The molecule has 0 aliphatic heterocycles. The Morgan fingerprint density at radius 1 is 1.42 bits per heavy atom. The summed E-state index contributed by atoms with van der Waals surface area (Å²) in [7, 11) is 0. The van der Waals surface area contributed by atoms with Gasteiger partial charge in [0.05, 0.1) is 18.1 Å². The third-order valence-corrected chi connectivity index (χ3v) is 3.51. The van der Waals surface area contributed by atoms with Crippen LogP contribution in [0.3, 0.4) is 0 Å². The second kappa shape index (κ2) is 4.85. The van der Waals surface area contributed by atoms with E-state index in [9.17, 15) is 0 Å². The standard InChI is InChI=1S/C12H13N5OS/c1-2-7-5-14-9(18-7)6-15-10-8-3-4-19-11(8)17-12(13)16-10/h3-5H,2,6H2,1H3,(H3,13,15,16,17). The molecule has 3 aromatic rings. The summed E-state index contributed by atoms with van der Waals surface area (Å²) in [5.41, 5.74) is 5.68. The zero-order valence-electron chi connectivity index (χ0n) is 10.4. The first-order valence-corrected chi connectivity index (χ1v) is 6.82. The number of nitrogens with two attached hydrogens (primary N) is 1. The SMILES string of the molecule is CCc1cnc(CNc2nc(N)nc3sccc23)o1. The highest BCUT2D eigenvalue weighted by Gasteiger charge is 2.08. The van der Waals surface area contributed by atoms with Crippen molar-refractivity contribution >= 4 is 33.3 Å². The Kier molecular flexibility index (Phi) is 3.04. The van der Waals surface area contributed by atoms with E-state index < -0.39 is 0 Å². The van der Waals surface area contributed by atoms with E-state index in [0.717, 1.165) is 22.4 Å². The molecular formula is C12H13N5OS. The van der Waals surface area contributed by atoms with Gasteiger partial charge in [-0.2, -0.15) is 4.98 Å². The maximum Gasteiger partial charge on any atom is 0.223 e. The Morgan fingerprint density at radius 3 is 3.11 bits per heavy atom. The number of thiophene rings is 1. The molecule has 3 N–H and O–H groups in total. The number of aryl methyl sites for hydroxylation is 1. The minimum absolute atomic E-state index is 0.263. The highest BCUT2D eigenvalue weighted by atomic mass is 32.1. The number of nitrogen functional groups attached to an aromatic ring is 1. The Morgan fingerprint density at radius 2 is 2.32 bits per heavy atom. The van der Waals surface area contributed by atoms with Crippen LogP contribution in [-0.4, -0.2) is 15.0 Å². The summed E-state index contributed by atoms with van der Waals surface area (Å²) in [5, 5.41) is 6.11. The van der Waals surface area contributed by atoms with Gasteiger partial charge in [-0.3, -0.25) is 0 Å². The van der Waals surface area contributed by atoms with Crippen molar-refractivity contribution in [2.45, 2.75) is 19.9 Å². The molecule has 0 atom stereocenters. The molecule has 0 aromatic carbocycles. The molecule has 0 amide bonds. The van der Waals surface area contributed by atoms with Crippen LogP contribution in [0.5, 0.6) is 0 Å². The first-order chi connectivity index (χ1) is 9.26. The molecule has 3 rings (SSSR count). The highest BCUT2D eigenvalue weighted by Crippen LogP contribution is 2.25. The van der Waals surface area contributed by atoms with Crippen molar-refractivity contribution in [1.82, 2.24) is 15.0 Å². The fourth-order valence-corrected chi connectivity index (χ4v) is 2.53. The molecule has 0 aliphatic carbocycles. The molecule has 0 unspecified atom stereocenters. The van der Waals surface area contributed by atoms with Crippen molar-refractivity contribution in [1.29, 1.82) is 0 Å². The molecular weight excluding hydrogens is 262 g/mol. The number of hydrogen-bond donors (Lipinski definition) is 2. The van der Waals surface area contributed by atoms with Gasteiger partial charge in [0.1, 0.15) is 16.4 Å². The maximum absolute atomic E-state index is 5.68. The van der Waals surface area contributed by atoms with E-state index in [1.165, 1.54) is 11.3 Å². The number of oxazole rings is 1. The van der Waals surface area contributed by atoms with E-state index in [0.29, 0.717) is 18.3 Å². The lowest BCUT2D eigenvalue weighted by Crippen LogP contribution is -2.04. The van der Waals surface area contributed by atoms with Gasteiger partial charge in [-0.15, -0.1) is 11.3 Å². The molecule has 19 heavy (non-hydrogen) atoms. The lowest BCUT2D eigenvalue weighted by atomic mass is 10.4. The number of aromatic nitrogens is 3. The van der Waals surface area contributed by atoms with Crippen molar-refractivity contribution in [3.8, 4) is 0 Å². The molecule has 0 aliphatic rings. The van der Waals surface area contributed by atoms with Crippen molar-refractivity contribution in [2.24, 2.45) is 0 Å². The first-order valence-electron chi connectivity index (χ1n) is 5.94. The van der Waals surface area contributed by atoms with Crippen LogP contribution in [0.2, 0.25) is 0 Å². The minimum Gasteiger partial charge on any atom is -0.444 e. The fourth-order valence-electron chi connectivity index (χ4n) is 1.76. The van der Waals surface area contributed by atoms with Crippen molar-refractivity contribution in [3.05, 3.63) is 29.3 Å². The molecule has 0 fully saturated rings. The molecule has 3 heterocycles. The average Bonchev–Trinajstić information content (AvgIpc) is 3.03. The van der Waals surface area contributed by atoms with Gasteiger partial charge in [0.15, 0.2) is 0 Å². The van der Waals surface area contributed by atoms with Gasteiger partial charge in [-0.1, -0.05) is 6.92 Å². The summed E-state index contributed by atoms with van der Waals surface area (Å²) in [5.74, 6) is 2.48. The van der Waals surface area contributed by atoms with E-state index in [4.69, 9.17) is 10.2 Å². The topological polar surface area (TPSA) is 89.9 Å². The summed E-state index contributed by atoms with van der Waals surface area (Å²) < 4.78 is 5.53.